The van der Waals surface area contributed by atoms with Gasteiger partial charge in [0, 0.05) is 32.6 Å². The number of hydrogen-bond donors (Lipinski definition) is 1. The van der Waals surface area contributed by atoms with Crippen LogP contribution in [0.1, 0.15) is 24.0 Å². The van der Waals surface area contributed by atoms with E-state index in [0.717, 1.165) is 42.4 Å². The van der Waals surface area contributed by atoms with Gasteiger partial charge in [-0.15, -0.1) is 0 Å². The van der Waals surface area contributed by atoms with E-state index in [1.165, 1.54) is 5.39 Å². The Morgan fingerprint density at radius 3 is 2.32 bits per heavy atom. The molecular weight excluding hydrogens is 460 g/mol. The van der Waals surface area contributed by atoms with Crippen molar-refractivity contribution in [3.05, 3.63) is 83.9 Å². The molecule has 196 valence electrons. The fourth-order valence-corrected chi connectivity index (χ4v) is 5.47. The number of likely N-dealkylation sites (tertiary alicyclic amines) is 1. The molecule has 0 aromatic heterocycles. The zero-order chi connectivity index (χ0) is 26.4. The predicted molar refractivity (Wildman–Crippen MR) is 150 cm³/mol. The molecule has 1 fully saturated rings. The summed E-state index contributed by atoms with van der Waals surface area (Å²) in [5.74, 6) is -0.0158. The molecule has 1 aliphatic rings. The molecular formula is C31H40N4O2. The van der Waals surface area contributed by atoms with Gasteiger partial charge in [0.1, 0.15) is 6.04 Å². The zero-order valence-electron chi connectivity index (χ0n) is 22.6. The van der Waals surface area contributed by atoms with E-state index in [-0.39, 0.29) is 17.9 Å². The lowest BCUT2D eigenvalue weighted by molar-refractivity contribution is -0.146. The fraction of sp³-hybridized carbons (Fsp3) is 0.419. The first-order valence-electron chi connectivity index (χ1n) is 13.3. The number of carbonyl (C=O) groups excluding carboxylic acids is 2. The molecule has 3 aromatic carbocycles. The Labute approximate surface area is 221 Å². The summed E-state index contributed by atoms with van der Waals surface area (Å²) in [6.07, 6.45) is 3.06. The third kappa shape index (κ3) is 6.56. The maximum absolute atomic E-state index is 14.0. The van der Waals surface area contributed by atoms with Gasteiger partial charge in [0.25, 0.3) is 0 Å². The molecule has 6 nitrogen and oxygen atoms in total. The van der Waals surface area contributed by atoms with Crippen LogP contribution in [0.2, 0.25) is 0 Å². The summed E-state index contributed by atoms with van der Waals surface area (Å²) in [5, 5.41) is 5.56. The monoisotopic (exact) mass is 500 g/mol. The molecule has 1 saturated heterocycles. The van der Waals surface area contributed by atoms with Crippen molar-refractivity contribution >= 4 is 22.6 Å². The summed E-state index contributed by atoms with van der Waals surface area (Å²) in [7, 11) is 7.69. The van der Waals surface area contributed by atoms with Crippen LogP contribution in [0.4, 0.5) is 0 Å². The van der Waals surface area contributed by atoms with Crippen molar-refractivity contribution in [3.63, 3.8) is 0 Å². The number of rotatable bonds is 10. The second-order valence-electron chi connectivity index (χ2n) is 10.5. The minimum atomic E-state index is -0.551. The minimum absolute atomic E-state index is 0.0459. The van der Waals surface area contributed by atoms with Crippen LogP contribution in [0.25, 0.3) is 10.8 Å². The molecule has 4 rings (SSSR count). The number of carbonyl (C=O) groups is 2. The Balaban J connectivity index is 1.56. The van der Waals surface area contributed by atoms with Gasteiger partial charge in [0.2, 0.25) is 11.8 Å². The van der Waals surface area contributed by atoms with E-state index in [9.17, 15) is 9.59 Å². The highest BCUT2D eigenvalue weighted by Gasteiger charge is 2.37. The van der Waals surface area contributed by atoms with Gasteiger partial charge < -0.3 is 20.0 Å². The number of amides is 2. The highest BCUT2D eigenvalue weighted by atomic mass is 16.2. The molecule has 2 amide bonds. The van der Waals surface area contributed by atoms with Crippen molar-refractivity contribution in [2.75, 3.05) is 41.3 Å². The van der Waals surface area contributed by atoms with Crippen LogP contribution in [-0.4, -0.2) is 85.9 Å². The molecule has 1 N–H and O–H groups in total. The maximum Gasteiger partial charge on any atom is 0.246 e. The molecule has 3 atom stereocenters. The standard InChI is InChI=1S/C31H40N4O2/c1-32-28(20-24-16-17-25-13-8-9-14-26(25)19-24)30(36)34(4)29(21-23-11-6-5-7-12-23)31(37)35-18-10-15-27(35)22-33(2)3/h5-9,11-14,16-17,19,27-29,32H,10,15,18,20-22H2,1-4H3/t27-,28?,29+/m0/s1. The SMILES string of the molecule is CNC(Cc1ccc2ccccc2c1)C(=O)N(C)[C@H](Cc1ccccc1)C(=O)N1CCC[C@H]1CN(C)C. The largest absolute Gasteiger partial charge is 0.337 e. The number of likely N-dealkylation sites (N-methyl/N-ethyl adjacent to an activating group) is 3. The molecule has 0 aliphatic carbocycles. The van der Waals surface area contributed by atoms with E-state index >= 15 is 0 Å². The maximum atomic E-state index is 14.0. The van der Waals surface area contributed by atoms with Crippen molar-refractivity contribution < 1.29 is 9.59 Å². The van der Waals surface area contributed by atoms with Crippen molar-refractivity contribution in [3.8, 4) is 0 Å². The first-order valence-corrected chi connectivity index (χ1v) is 13.3. The van der Waals surface area contributed by atoms with E-state index in [2.05, 4.69) is 40.5 Å². The van der Waals surface area contributed by atoms with E-state index in [1.54, 1.807) is 11.9 Å². The molecule has 1 aliphatic heterocycles. The van der Waals surface area contributed by atoms with Crippen molar-refractivity contribution in [2.24, 2.45) is 0 Å². The van der Waals surface area contributed by atoms with Gasteiger partial charge >= 0.3 is 0 Å². The van der Waals surface area contributed by atoms with Crippen LogP contribution in [0, 0.1) is 0 Å². The van der Waals surface area contributed by atoms with Crippen molar-refractivity contribution in [2.45, 2.75) is 43.8 Å². The highest BCUT2D eigenvalue weighted by molar-refractivity contribution is 5.90. The minimum Gasteiger partial charge on any atom is -0.337 e. The van der Waals surface area contributed by atoms with Crippen LogP contribution in [0.3, 0.4) is 0 Å². The van der Waals surface area contributed by atoms with Crippen molar-refractivity contribution in [1.82, 2.24) is 20.0 Å². The lowest BCUT2D eigenvalue weighted by atomic mass is 9.99. The second-order valence-corrected chi connectivity index (χ2v) is 10.5. The molecule has 0 spiro atoms. The Hall–Kier alpha value is -3.22. The third-order valence-electron chi connectivity index (χ3n) is 7.51. The van der Waals surface area contributed by atoms with Crippen molar-refractivity contribution in [1.29, 1.82) is 0 Å². The van der Waals surface area contributed by atoms with E-state index in [0.29, 0.717) is 12.8 Å². The van der Waals surface area contributed by atoms with E-state index in [1.807, 2.05) is 68.5 Å². The molecule has 0 saturated carbocycles. The first-order chi connectivity index (χ1) is 17.9. The fourth-order valence-electron chi connectivity index (χ4n) is 5.47. The summed E-state index contributed by atoms with van der Waals surface area (Å²) >= 11 is 0. The van der Waals surface area contributed by atoms with Crippen LogP contribution >= 0.6 is 0 Å². The van der Waals surface area contributed by atoms with Crippen LogP contribution < -0.4 is 5.32 Å². The average Bonchev–Trinajstić information content (AvgIpc) is 3.37. The second kappa shape index (κ2) is 12.3. The van der Waals surface area contributed by atoms with Gasteiger partial charge in [-0.25, -0.2) is 0 Å². The van der Waals surface area contributed by atoms with Gasteiger partial charge in [0.15, 0.2) is 0 Å². The topological polar surface area (TPSA) is 55.9 Å². The first kappa shape index (κ1) is 26.8. The zero-order valence-corrected chi connectivity index (χ0v) is 22.6. The van der Waals surface area contributed by atoms with Gasteiger partial charge in [-0.2, -0.15) is 0 Å². The summed E-state index contributed by atoms with van der Waals surface area (Å²) in [5.41, 5.74) is 2.15. The van der Waals surface area contributed by atoms with Crippen LogP contribution in [0.15, 0.2) is 72.8 Å². The number of hydrogen-bond acceptors (Lipinski definition) is 4. The van der Waals surface area contributed by atoms with Gasteiger partial charge in [-0.3, -0.25) is 9.59 Å². The molecule has 0 bridgehead atoms. The summed E-state index contributed by atoms with van der Waals surface area (Å²) in [6.45, 7) is 1.58. The molecule has 0 radical (unpaired) electrons. The lowest BCUT2D eigenvalue weighted by Crippen LogP contribution is -2.56. The normalized spacial score (nSPS) is 17.2. The Morgan fingerprint density at radius 1 is 0.919 bits per heavy atom. The Bertz CT molecular complexity index is 1200. The number of nitrogens with zero attached hydrogens (tertiary/aromatic N) is 3. The molecule has 6 heteroatoms. The predicted octanol–water partition coefficient (Wildman–Crippen LogP) is 3.59. The average molecular weight is 501 g/mol. The lowest BCUT2D eigenvalue weighted by Gasteiger charge is -2.36. The molecule has 1 unspecified atom stereocenters. The Morgan fingerprint density at radius 2 is 1.62 bits per heavy atom. The van der Waals surface area contributed by atoms with E-state index < -0.39 is 12.1 Å². The number of nitrogens with one attached hydrogen (secondary N) is 1. The smallest absolute Gasteiger partial charge is 0.246 e. The van der Waals surface area contributed by atoms with Gasteiger partial charge in [-0.1, -0.05) is 72.8 Å². The summed E-state index contributed by atoms with van der Waals surface area (Å²) in [4.78, 5) is 33.7. The summed E-state index contributed by atoms with van der Waals surface area (Å²) in [6, 6.07) is 23.8. The molecule has 3 aromatic rings. The highest BCUT2D eigenvalue weighted by Crippen LogP contribution is 2.23. The third-order valence-corrected chi connectivity index (χ3v) is 7.51. The van der Waals surface area contributed by atoms with Crippen LogP contribution in [0.5, 0.6) is 0 Å². The summed E-state index contributed by atoms with van der Waals surface area (Å²) < 4.78 is 0. The molecule has 37 heavy (non-hydrogen) atoms. The Kier molecular flexibility index (Phi) is 8.95. The van der Waals surface area contributed by atoms with E-state index in [4.69, 9.17) is 0 Å². The molecule has 1 heterocycles. The number of fused-ring (bicyclic) bond motifs is 1. The van der Waals surface area contributed by atoms with Gasteiger partial charge in [0.05, 0.1) is 6.04 Å². The quantitative estimate of drug-likeness (QED) is 0.462. The van der Waals surface area contributed by atoms with Crippen LogP contribution in [-0.2, 0) is 22.4 Å². The van der Waals surface area contributed by atoms with Gasteiger partial charge in [-0.05, 0) is 62.3 Å². The number of benzene rings is 3.